The average molecular weight is 343 g/mol. The summed E-state index contributed by atoms with van der Waals surface area (Å²) in [5, 5.41) is 0. The van der Waals surface area contributed by atoms with Crippen LogP contribution in [-0.2, 0) is 9.53 Å². The lowest BCUT2D eigenvalue weighted by molar-refractivity contribution is -0.120. The lowest BCUT2D eigenvalue weighted by atomic mass is 10.2. The van der Waals surface area contributed by atoms with Gasteiger partial charge in [0.1, 0.15) is 0 Å². The van der Waals surface area contributed by atoms with Crippen LogP contribution in [-0.4, -0.2) is 74.2 Å². The molecule has 0 aromatic heterocycles. The van der Waals surface area contributed by atoms with Crippen LogP contribution in [0.5, 0.6) is 0 Å². The number of hydrogen-bond acceptors (Lipinski definition) is 4. The first kappa shape index (κ1) is 18.1. The number of amides is 1. The molecule has 1 atom stereocenters. The quantitative estimate of drug-likeness (QED) is 0.710. The van der Waals surface area contributed by atoms with E-state index in [1.807, 2.05) is 35.2 Å². The van der Waals surface area contributed by atoms with Crippen LogP contribution in [0.25, 0.3) is 0 Å². The van der Waals surface area contributed by atoms with Gasteiger partial charge >= 0.3 is 0 Å². The van der Waals surface area contributed by atoms with Crippen molar-refractivity contribution in [2.24, 2.45) is 0 Å². The molecule has 25 heavy (non-hydrogen) atoms. The number of carbonyl (C=O) groups is 1. The standard InChI is InChI=1S/C20H29N3O2/c1-2-10-23(18-7-4-3-5-8-18)20(24)17-22-13-11-21(12-14-22)16-19-9-6-15-25-19/h2-5,7-8,19H,1,6,9-17H2. The predicted octanol–water partition coefficient (Wildman–Crippen LogP) is 2.00. The van der Waals surface area contributed by atoms with Crippen molar-refractivity contribution in [2.75, 3.05) is 57.3 Å². The highest BCUT2D eigenvalue weighted by atomic mass is 16.5. The number of piperazine rings is 1. The minimum absolute atomic E-state index is 0.138. The third kappa shape index (κ3) is 5.14. The number of para-hydroxylation sites is 1. The fraction of sp³-hybridized carbons (Fsp3) is 0.550. The van der Waals surface area contributed by atoms with Crippen LogP contribution in [0.3, 0.4) is 0 Å². The molecule has 2 fully saturated rings. The molecule has 1 aromatic carbocycles. The molecule has 1 aromatic rings. The maximum absolute atomic E-state index is 12.8. The monoisotopic (exact) mass is 343 g/mol. The number of rotatable bonds is 7. The van der Waals surface area contributed by atoms with Crippen molar-refractivity contribution in [1.82, 2.24) is 9.80 Å². The van der Waals surface area contributed by atoms with Gasteiger partial charge in [0.2, 0.25) is 5.91 Å². The fourth-order valence-electron chi connectivity index (χ4n) is 3.57. The number of benzene rings is 1. The molecular formula is C20H29N3O2. The summed E-state index contributed by atoms with van der Waals surface area (Å²) in [6, 6.07) is 9.83. The van der Waals surface area contributed by atoms with Crippen LogP contribution in [0, 0.1) is 0 Å². The van der Waals surface area contributed by atoms with Crippen LogP contribution in [0.1, 0.15) is 12.8 Å². The molecule has 0 bridgehead atoms. The molecule has 0 saturated carbocycles. The summed E-state index contributed by atoms with van der Waals surface area (Å²) in [4.78, 5) is 19.3. The zero-order valence-corrected chi connectivity index (χ0v) is 15.0. The van der Waals surface area contributed by atoms with Gasteiger partial charge in [0.05, 0.1) is 12.6 Å². The first-order chi connectivity index (χ1) is 12.3. The molecule has 5 heteroatoms. The highest BCUT2D eigenvalue weighted by Crippen LogP contribution is 2.16. The summed E-state index contributed by atoms with van der Waals surface area (Å²) >= 11 is 0. The highest BCUT2D eigenvalue weighted by molar-refractivity contribution is 5.95. The molecular weight excluding hydrogens is 314 g/mol. The molecule has 1 unspecified atom stereocenters. The fourth-order valence-corrected chi connectivity index (χ4v) is 3.57. The van der Waals surface area contributed by atoms with Crippen molar-refractivity contribution in [3.63, 3.8) is 0 Å². The maximum atomic E-state index is 12.8. The third-order valence-electron chi connectivity index (χ3n) is 4.99. The predicted molar refractivity (Wildman–Crippen MR) is 101 cm³/mol. The van der Waals surface area contributed by atoms with E-state index in [0.29, 0.717) is 19.2 Å². The van der Waals surface area contributed by atoms with E-state index in [9.17, 15) is 4.79 Å². The normalized spacial score (nSPS) is 22.0. The number of carbonyl (C=O) groups excluding carboxylic acids is 1. The zero-order valence-electron chi connectivity index (χ0n) is 15.0. The zero-order chi connectivity index (χ0) is 17.5. The van der Waals surface area contributed by atoms with Crippen molar-refractivity contribution in [3.05, 3.63) is 43.0 Å². The van der Waals surface area contributed by atoms with Crippen molar-refractivity contribution in [1.29, 1.82) is 0 Å². The highest BCUT2D eigenvalue weighted by Gasteiger charge is 2.25. The minimum Gasteiger partial charge on any atom is -0.377 e. The first-order valence-electron chi connectivity index (χ1n) is 9.29. The largest absolute Gasteiger partial charge is 0.377 e. The van der Waals surface area contributed by atoms with Gasteiger partial charge in [-0.05, 0) is 25.0 Å². The molecule has 0 radical (unpaired) electrons. The molecule has 3 rings (SSSR count). The molecule has 2 aliphatic rings. The van der Waals surface area contributed by atoms with Crippen molar-refractivity contribution < 1.29 is 9.53 Å². The van der Waals surface area contributed by atoms with E-state index in [-0.39, 0.29) is 5.91 Å². The van der Waals surface area contributed by atoms with Gasteiger partial charge in [0.15, 0.2) is 0 Å². The SMILES string of the molecule is C=CCN(C(=O)CN1CCN(CC2CCCO2)CC1)c1ccccc1. The average Bonchev–Trinajstić information content (AvgIpc) is 3.15. The van der Waals surface area contributed by atoms with Crippen molar-refractivity contribution >= 4 is 11.6 Å². The van der Waals surface area contributed by atoms with E-state index < -0.39 is 0 Å². The molecule has 0 N–H and O–H groups in total. The lowest BCUT2D eigenvalue weighted by Gasteiger charge is -2.36. The number of hydrogen-bond donors (Lipinski definition) is 0. The summed E-state index contributed by atoms with van der Waals surface area (Å²) in [7, 11) is 0. The second kappa shape index (κ2) is 9.13. The van der Waals surface area contributed by atoms with Crippen LogP contribution in [0.4, 0.5) is 5.69 Å². The van der Waals surface area contributed by atoms with Crippen molar-refractivity contribution in [2.45, 2.75) is 18.9 Å². The van der Waals surface area contributed by atoms with Crippen LogP contribution < -0.4 is 4.90 Å². The number of nitrogens with zero attached hydrogens (tertiary/aromatic N) is 3. The Bertz CT molecular complexity index is 549. The smallest absolute Gasteiger partial charge is 0.241 e. The summed E-state index contributed by atoms with van der Waals surface area (Å²) in [5.41, 5.74) is 0.935. The molecule has 5 nitrogen and oxygen atoms in total. The van der Waals surface area contributed by atoms with Gasteiger partial charge < -0.3 is 9.64 Å². The first-order valence-corrected chi connectivity index (χ1v) is 9.29. The van der Waals surface area contributed by atoms with E-state index in [1.165, 1.54) is 12.8 Å². The Morgan fingerprint density at radius 1 is 1.20 bits per heavy atom. The van der Waals surface area contributed by atoms with Gasteiger partial charge in [0.25, 0.3) is 0 Å². The van der Waals surface area contributed by atoms with E-state index in [2.05, 4.69) is 16.4 Å². The van der Waals surface area contributed by atoms with Gasteiger partial charge in [-0.25, -0.2) is 0 Å². The Hall–Kier alpha value is -1.69. The van der Waals surface area contributed by atoms with Crippen LogP contribution in [0.2, 0.25) is 0 Å². The molecule has 136 valence electrons. The van der Waals surface area contributed by atoms with Gasteiger partial charge in [-0.3, -0.25) is 14.6 Å². The van der Waals surface area contributed by atoms with E-state index in [0.717, 1.165) is 45.0 Å². The van der Waals surface area contributed by atoms with Gasteiger partial charge in [-0.1, -0.05) is 24.3 Å². The Labute approximate surface area is 150 Å². The van der Waals surface area contributed by atoms with Gasteiger partial charge in [0, 0.05) is 51.6 Å². The molecule has 2 saturated heterocycles. The Kier molecular flexibility index (Phi) is 6.62. The number of anilines is 1. The second-order valence-electron chi connectivity index (χ2n) is 6.84. The van der Waals surface area contributed by atoms with E-state index in [1.54, 1.807) is 6.08 Å². The lowest BCUT2D eigenvalue weighted by Crippen LogP contribution is -2.51. The summed E-state index contributed by atoms with van der Waals surface area (Å²) < 4.78 is 5.73. The minimum atomic E-state index is 0.138. The number of ether oxygens (including phenoxy) is 1. The molecule has 2 heterocycles. The van der Waals surface area contributed by atoms with Crippen LogP contribution in [0.15, 0.2) is 43.0 Å². The van der Waals surface area contributed by atoms with E-state index >= 15 is 0 Å². The molecule has 2 aliphatic heterocycles. The second-order valence-corrected chi connectivity index (χ2v) is 6.84. The molecule has 0 aliphatic carbocycles. The Morgan fingerprint density at radius 3 is 2.56 bits per heavy atom. The van der Waals surface area contributed by atoms with E-state index in [4.69, 9.17) is 4.74 Å². The topological polar surface area (TPSA) is 36.0 Å². The Balaban J connectivity index is 1.48. The third-order valence-corrected chi connectivity index (χ3v) is 4.99. The summed E-state index contributed by atoms with van der Waals surface area (Å²) in [6.45, 7) is 10.7. The van der Waals surface area contributed by atoms with Crippen LogP contribution >= 0.6 is 0 Å². The summed E-state index contributed by atoms with van der Waals surface area (Å²) in [6.07, 6.45) is 4.57. The molecule has 0 spiro atoms. The maximum Gasteiger partial charge on any atom is 0.241 e. The van der Waals surface area contributed by atoms with Gasteiger partial charge in [-0.2, -0.15) is 0 Å². The Morgan fingerprint density at radius 2 is 1.92 bits per heavy atom. The van der Waals surface area contributed by atoms with Crippen molar-refractivity contribution in [3.8, 4) is 0 Å². The molecule has 1 amide bonds. The summed E-state index contributed by atoms with van der Waals surface area (Å²) in [5.74, 6) is 0.138. The van der Waals surface area contributed by atoms with Gasteiger partial charge in [-0.15, -0.1) is 6.58 Å².